The molecule has 8 heteroatoms. The van der Waals surface area contributed by atoms with Crippen LogP contribution in [0, 0.1) is 0 Å². The molecule has 0 bridgehead atoms. The van der Waals surface area contributed by atoms with Crippen LogP contribution in [0.4, 0.5) is 13.2 Å². The molecule has 0 aliphatic rings. The minimum atomic E-state index is -4.89. The normalized spacial score (nSPS) is 11.7. The van der Waals surface area contributed by atoms with Gasteiger partial charge in [0.05, 0.1) is 19.2 Å². The van der Waals surface area contributed by atoms with Crippen LogP contribution in [0.3, 0.4) is 0 Å². The Bertz CT molecular complexity index is 696. The summed E-state index contributed by atoms with van der Waals surface area (Å²) in [6.45, 7) is 6.31. The number of carbonyl (C=O) groups excluding carboxylic acids is 2. The number of alkyl halides is 3. The molecule has 1 amide bonds. The lowest BCUT2D eigenvalue weighted by atomic mass is 10.1. The van der Waals surface area contributed by atoms with Crippen molar-refractivity contribution >= 4 is 11.7 Å². The summed E-state index contributed by atoms with van der Waals surface area (Å²) in [5, 5.41) is 0. The van der Waals surface area contributed by atoms with Gasteiger partial charge in [-0.15, -0.1) is 13.2 Å². The van der Waals surface area contributed by atoms with Crippen molar-refractivity contribution in [3.8, 4) is 11.5 Å². The fourth-order valence-electron chi connectivity index (χ4n) is 1.91. The smallest absolute Gasteiger partial charge is 0.496 e. The van der Waals surface area contributed by atoms with E-state index in [-0.39, 0.29) is 11.3 Å². The van der Waals surface area contributed by atoms with E-state index in [1.54, 1.807) is 19.9 Å². The van der Waals surface area contributed by atoms with Crippen LogP contribution in [-0.4, -0.2) is 36.6 Å². The zero-order chi connectivity index (χ0) is 19.2. The number of methoxy groups -OCH3 is 1. The second kappa shape index (κ2) is 8.36. The molecule has 0 saturated heterocycles. The first-order valence-electron chi connectivity index (χ1n) is 7.16. The van der Waals surface area contributed by atoms with Crippen LogP contribution in [0.15, 0.2) is 42.6 Å². The van der Waals surface area contributed by atoms with Crippen molar-refractivity contribution in [3.05, 3.63) is 48.2 Å². The lowest BCUT2D eigenvalue weighted by Gasteiger charge is -2.18. The first kappa shape index (κ1) is 20.3. The van der Waals surface area contributed by atoms with Crippen molar-refractivity contribution < 1.29 is 32.2 Å². The average Bonchev–Trinajstić information content (AvgIpc) is 2.56. The molecule has 0 heterocycles. The maximum atomic E-state index is 12.4. The zero-order valence-corrected chi connectivity index (χ0v) is 14.0. The van der Waals surface area contributed by atoms with Gasteiger partial charge in [0.2, 0.25) is 0 Å². The summed E-state index contributed by atoms with van der Waals surface area (Å²) in [6, 6.07) is 3.14. The van der Waals surface area contributed by atoms with Crippen molar-refractivity contribution in [2.75, 3.05) is 13.7 Å². The van der Waals surface area contributed by atoms with Crippen LogP contribution < -0.4 is 9.47 Å². The molecule has 0 unspecified atom stereocenters. The zero-order valence-electron chi connectivity index (χ0n) is 14.0. The Morgan fingerprint density at radius 2 is 1.96 bits per heavy atom. The van der Waals surface area contributed by atoms with E-state index in [0.29, 0.717) is 5.57 Å². The number of benzene rings is 1. The largest absolute Gasteiger partial charge is 0.573 e. The molecule has 0 fully saturated rings. The van der Waals surface area contributed by atoms with E-state index < -0.39 is 30.3 Å². The number of halogens is 3. The first-order valence-corrected chi connectivity index (χ1v) is 7.16. The summed E-state index contributed by atoms with van der Waals surface area (Å²) in [5.74, 6) is -1.55. The van der Waals surface area contributed by atoms with Crippen LogP contribution in [0.2, 0.25) is 0 Å². The third-order valence-corrected chi connectivity index (χ3v) is 3.27. The van der Waals surface area contributed by atoms with Gasteiger partial charge in [0.15, 0.2) is 5.78 Å². The number of amides is 1. The Balaban J connectivity index is 3.12. The van der Waals surface area contributed by atoms with Crippen molar-refractivity contribution in [2.24, 2.45) is 0 Å². The van der Waals surface area contributed by atoms with Crippen LogP contribution in [0.25, 0.3) is 0 Å². The highest BCUT2D eigenvalue weighted by atomic mass is 19.4. The Morgan fingerprint density at radius 1 is 1.32 bits per heavy atom. The van der Waals surface area contributed by atoms with Gasteiger partial charge < -0.3 is 14.4 Å². The van der Waals surface area contributed by atoms with Gasteiger partial charge in [0, 0.05) is 11.8 Å². The predicted octanol–water partition coefficient (Wildman–Crippen LogP) is 3.71. The van der Waals surface area contributed by atoms with Gasteiger partial charge in [-0.25, -0.2) is 0 Å². The summed E-state index contributed by atoms with van der Waals surface area (Å²) < 4.78 is 45.8. The number of ketones is 1. The third kappa shape index (κ3) is 5.66. The second-order valence-corrected chi connectivity index (χ2v) is 4.92. The lowest BCUT2D eigenvalue weighted by molar-refractivity contribution is -0.274. The predicted molar refractivity (Wildman–Crippen MR) is 85.3 cm³/mol. The van der Waals surface area contributed by atoms with Crippen LogP contribution in [0.1, 0.15) is 24.2 Å². The van der Waals surface area contributed by atoms with Gasteiger partial charge >= 0.3 is 6.36 Å². The number of Topliss-reactive ketones (excluding diaryl/α,β-unsaturated/α-hetero) is 1. The molecule has 0 radical (unpaired) electrons. The molecular formula is C17H18F3NO4. The molecule has 0 aliphatic heterocycles. The molecule has 0 atom stereocenters. The molecule has 0 N–H and O–H groups in total. The minimum absolute atomic E-state index is 0.0683. The van der Waals surface area contributed by atoms with E-state index in [1.807, 2.05) is 0 Å². The third-order valence-electron chi connectivity index (χ3n) is 3.27. The van der Waals surface area contributed by atoms with E-state index in [2.05, 4.69) is 11.3 Å². The fraction of sp³-hybridized carbons (Fsp3) is 0.294. The van der Waals surface area contributed by atoms with E-state index in [9.17, 15) is 22.8 Å². The molecule has 1 rings (SSSR count). The molecule has 1 aromatic carbocycles. The molecule has 136 valence electrons. The van der Waals surface area contributed by atoms with Gasteiger partial charge in [-0.3, -0.25) is 9.59 Å². The quantitative estimate of drug-likeness (QED) is 0.551. The van der Waals surface area contributed by atoms with Gasteiger partial charge in [-0.2, -0.15) is 0 Å². The van der Waals surface area contributed by atoms with Crippen LogP contribution >= 0.6 is 0 Å². The van der Waals surface area contributed by atoms with E-state index in [0.717, 1.165) is 17.0 Å². The van der Waals surface area contributed by atoms with E-state index in [4.69, 9.17) is 4.74 Å². The highest BCUT2D eigenvalue weighted by Crippen LogP contribution is 2.29. The Hall–Kier alpha value is -2.77. The molecule has 5 nitrogen and oxygen atoms in total. The highest BCUT2D eigenvalue weighted by molar-refractivity contribution is 6.03. The standard InChI is InChI=1S/C17H18F3NO4/c1-5-11(3)16(23)21(6-2)10-14(22)13-9-12(25-17(18,19)20)7-8-15(13)24-4/h5-9H,2,10H2,1,3-4H3/b11-5-. The Labute approximate surface area is 143 Å². The summed E-state index contributed by atoms with van der Waals surface area (Å²) >= 11 is 0. The summed E-state index contributed by atoms with van der Waals surface area (Å²) in [7, 11) is 1.27. The van der Waals surface area contributed by atoms with Crippen LogP contribution in [-0.2, 0) is 4.79 Å². The molecule has 0 saturated carbocycles. The number of hydrogen-bond acceptors (Lipinski definition) is 4. The van der Waals surface area contributed by atoms with Gasteiger partial charge in [0.25, 0.3) is 5.91 Å². The van der Waals surface area contributed by atoms with E-state index >= 15 is 0 Å². The second-order valence-electron chi connectivity index (χ2n) is 4.92. The van der Waals surface area contributed by atoms with Crippen molar-refractivity contribution in [3.63, 3.8) is 0 Å². The minimum Gasteiger partial charge on any atom is -0.496 e. The maximum Gasteiger partial charge on any atom is 0.573 e. The van der Waals surface area contributed by atoms with Crippen molar-refractivity contribution in [2.45, 2.75) is 20.2 Å². The number of ether oxygens (including phenoxy) is 2. The van der Waals surface area contributed by atoms with Crippen molar-refractivity contribution in [1.29, 1.82) is 0 Å². The summed E-state index contributed by atoms with van der Waals surface area (Å²) in [6.07, 6.45) is -2.14. The molecule has 25 heavy (non-hydrogen) atoms. The number of allylic oxidation sites excluding steroid dienone is 1. The SMILES string of the molecule is C=CN(CC(=O)c1cc(OC(F)(F)F)ccc1OC)C(=O)/C(C)=C\C. The average molecular weight is 357 g/mol. The molecule has 0 aromatic heterocycles. The van der Waals surface area contributed by atoms with Gasteiger partial charge in [-0.05, 0) is 32.0 Å². The highest BCUT2D eigenvalue weighted by Gasteiger charge is 2.31. The number of rotatable bonds is 7. The monoisotopic (exact) mass is 357 g/mol. The van der Waals surface area contributed by atoms with E-state index in [1.165, 1.54) is 19.4 Å². The summed E-state index contributed by atoms with van der Waals surface area (Å²) in [4.78, 5) is 25.6. The maximum absolute atomic E-state index is 12.4. The first-order chi connectivity index (χ1) is 11.6. The molecule has 0 spiro atoms. The van der Waals surface area contributed by atoms with Gasteiger partial charge in [-0.1, -0.05) is 12.7 Å². The lowest BCUT2D eigenvalue weighted by Crippen LogP contribution is -2.31. The topological polar surface area (TPSA) is 55.8 Å². The molecule has 1 aromatic rings. The van der Waals surface area contributed by atoms with Crippen LogP contribution in [0.5, 0.6) is 11.5 Å². The van der Waals surface area contributed by atoms with Crippen molar-refractivity contribution in [1.82, 2.24) is 4.90 Å². The fourth-order valence-corrected chi connectivity index (χ4v) is 1.91. The van der Waals surface area contributed by atoms with Gasteiger partial charge in [0.1, 0.15) is 11.5 Å². The number of hydrogen-bond donors (Lipinski definition) is 0. The summed E-state index contributed by atoms with van der Waals surface area (Å²) in [5.41, 5.74) is 0.260. The Morgan fingerprint density at radius 3 is 2.44 bits per heavy atom. The molecular weight excluding hydrogens is 339 g/mol. The number of nitrogens with zero attached hydrogens (tertiary/aromatic N) is 1. The number of carbonyl (C=O) groups is 2. The molecule has 0 aliphatic carbocycles. The Kier molecular flexibility index (Phi) is 6.78.